The quantitative estimate of drug-likeness (QED) is 0.165. The van der Waals surface area contributed by atoms with Crippen molar-refractivity contribution in [3.8, 4) is 11.1 Å². The van der Waals surface area contributed by atoms with Crippen LogP contribution in [0.2, 0.25) is 0 Å². The average Bonchev–Trinajstić information content (AvgIpc) is 3.77. The van der Waals surface area contributed by atoms with Crippen LogP contribution in [0.1, 0.15) is 138 Å². The molecule has 0 aromatic heterocycles. The van der Waals surface area contributed by atoms with E-state index in [-0.39, 0.29) is 46.5 Å². The first-order valence-electron chi connectivity index (χ1n) is 20.8. The number of fused-ring (bicyclic) bond motifs is 5. The van der Waals surface area contributed by atoms with Crippen LogP contribution in [0.4, 0.5) is 0 Å². The minimum Gasteiger partial charge on any atom is -0.147 e. The Hall–Kier alpha value is -3.35. The summed E-state index contributed by atoms with van der Waals surface area (Å²) in [4.78, 5) is 0. The molecule has 3 heteroatoms. The third kappa shape index (κ3) is 8.11. The summed E-state index contributed by atoms with van der Waals surface area (Å²) >= 11 is -3.00. The molecule has 0 spiro atoms. The maximum Gasteiger partial charge on any atom is -0.147 e. The first kappa shape index (κ1) is 44.2. The van der Waals surface area contributed by atoms with Gasteiger partial charge in [-0.05, 0) is 0 Å². The number of rotatable bonds is 4. The van der Waals surface area contributed by atoms with E-state index in [4.69, 9.17) is 0 Å². The van der Waals surface area contributed by atoms with Gasteiger partial charge in [-0.2, -0.15) is 0 Å². The second-order valence-electron chi connectivity index (χ2n) is 20.6. The van der Waals surface area contributed by atoms with E-state index in [0.29, 0.717) is 3.63 Å². The summed E-state index contributed by atoms with van der Waals surface area (Å²) in [6.45, 7) is 28.9. The molecule has 0 fully saturated rings. The summed E-state index contributed by atoms with van der Waals surface area (Å²) in [6.07, 6.45) is 8.32. The molecule has 0 radical (unpaired) electrons. The van der Waals surface area contributed by atoms with Crippen LogP contribution in [0.15, 0.2) is 131 Å². The van der Waals surface area contributed by atoms with Crippen LogP contribution < -0.4 is 0 Å². The topological polar surface area (TPSA) is 0 Å². The van der Waals surface area contributed by atoms with Crippen molar-refractivity contribution in [3.05, 3.63) is 175 Å². The summed E-state index contributed by atoms with van der Waals surface area (Å²) in [5.41, 5.74) is 14.8. The molecule has 0 aliphatic heterocycles. The molecule has 300 valence electrons. The van der Waals surface area contributed by atoms with E-state index in [1.807, 2.05) is 0 Å². The summed E-state index contributed by atoms with van der Waals surface area (Å²) < 4.78 is 3.62. The van der Waals surface area contributed by atoms with Gasteiger partial charge < -0.3 is 0 Å². The van der Waals surface area contributed by atoms with E-state index in [1.165, 1.54) is 66.1 Å². The molecule has 0 saturated heterocycles. The van der Waals surface area contributed by atoms with Gasteiger partial charge in [0.25, 0.3) is 0 Å². The predicted octanol–water partition coefficient (Wildman–Crippen LogP) is 15.8. The molecule has 58 heavy (non-hydrogen) atoms. The number of hydrogen-bond donors (Lipinski definition) is 0. The van der Waals surface area contributed by atoms with E-state index >= 15 is 0 Å². The van der Waals surface area contributed by atoms with E-state index < -0.39 is 21.3 Å². The fraction of sp³-hybridized carbons (Fsp3) is 0.327. The first-order valence-corrected chi connectivity index (χ1v) is 24.7. The molecule has 0 N–H and O–H groups in total. The van der Waals surface area contributed by atoms with Crippen molar-refractivity contribution in [1.82, 2.24) is 0 Å². The van der Waals surface area contributed by atoms with Crippen LogP contribution in [0.5, 0.6) is 0 Å². The standard InChI is InChI=1S/C29H41.C21H14.C5H5.2ClH.Zr/c1-26(2,3)22-14-18-13-19-15-23(27(4,5)6)25(29(10,11)12)17-21(19)20(18)16-24(22)28(7,8)9;1-3-7-20-14-16(9-11-18(20)5-1)13-17-10-12-19-6-2-4-8-21(19)15-17;1-2-4-5-3-1;;;/h13-17H,1-12H3;1-12,14-15H;1-3H,4H2;2*1H;. The van der Waals surface area contributed by atoms with Crippen molar-refractivity contribution in [2.45, 2.75) is 115 Å². The van der Waals surface area contributed by atoms with Crippen molar-refractivity contribution in [1.29, 1.82) is 0 Å². The zero-order valence-electron chi connectivity index (χ0n) is 36.7. The summed E-state index contributed by atoms with van der Waals surface area (Å²) in [5.74, 6) is 0. The van der Waals surface area contributed by atoms with Gasteiger partial charge in [-0.1, -0.05) is 0 Å². The largest absolute Gasteiger partial charge is 0.147 e. The maximum atomic E-state index is 2.70. The Morgan fingerprint density at radius 2 is 0.845 bits per heavy atom. The second-order valence-corrected chi connectivity index (χ2v) is 26.9. The van der Waals surface area contributed by atoms with Crippen LogP contribution in [0, 0.1) is 0 Å². The minimum atomic E-state index is -3.00. The predicted molar refractivity (Wildman–Crippen MR) is 256 cm³/mol. The van der Waals surface area contributed by atoms with Crippen molar-refractivity contribution >= 4 is 49.6 Å². The van der Waals surface area contributed by atoms with Crippen molar-refractivity contribution in [2.75, 3.05) is 0 Å². The number of hydrogen-bond acceptors (Lipinski definition) is 0. The number of allylic oxidation sites excluding steroid dienone is 4. The SMILES string of the molecule is CC(C)(C)c1cc2c(cc1C(C)(C)C)[CH]([Zr]([C]1=CC=CC1)=[C](c1ccc3ccccc3c1)c1ccc3ccccc3c1)c1cc(C(C)(C)C)c(C(C)(C)C)cc1-2.Cl.Cl. The van der Waals surface area contributed by atoms with Gasteiger partial charge in [-0.3, -0.25) is 0 Å². The van der Waals surface area contributed by atoms with Crippen LogP contribution in [0.3, 0.4) is 0 Å². The Morgan fingerprint density at radius 3 is 1.21 bits per heavy atom. The molecule has 2 aliphatic carbocycles. The van der Waals surface area contributed by atoms with Gasteiger partial charge in [0.15, 0.2) is 0 Å². The zero-order chi connectivity index (χ0) is 39.9. The Labute approximate surface area is 369 Å². The third-order valence-electron chi connectivity index (χ3n) is 12.3. The number of halogens is 2. The van der Waals surface area contributed by atoms with Gasteiger partial charge in [0.1, 0.15) is 0 Å². The Morgan fingerprint density at radius 1 is 0.466 bits per heavy atom. The van der Waals surface area contributed by atoms with Crippen molar-refractivity contribution in [2.24, 2.45) is 0 Å². The van der Waals surface area contributed by atoms with Gasteiger partial charge in [-0.25, -0.2) is 0 Å². The summed E-state index contributed by atoms with van der Waals surface area (Å²) in [6, 6.07) is 43.1. The minimum absolute atomic E-state index is 0. The smallest absolute Gasteiger partial charge is 0.147 e. The van der Waals surface area contributed by atoms with Gasteiger partial charge in [0.2, 0.25) is 0 Å². The van der Waals surface area contributed by atoms with Crippen LogP contribution >= 0.6 is 24.8 Å². The molecule has 0 atom stereocenters. The molecule has 0 unspecified atom stereocenters. The van der Waals surface area contributed by atoms with Gasteiger partial charge >= 0.3 is 347 Å². The van der Waals surface area contributed by atoms with E-state index in [2.05, 4.69) is 211 Å². The molecule has 6 aromatic carbocycles. The van der Waals surface area contributed by atoms with Gasteiger partial charge in [-0.15, -0.1) is 24.8 Å². The van der Waals surface area contributed by atoms with Crippen LogP contribution in [-0.4, -0.2) is 3.21 Å². The van der Waals surface area contributed by atoms with E-state index in [1.54, 1.807) is 17.6 Å². The molecular formula is C55H62Cl2Zr. The normalized spacial score (nSPS) is 14.2. The van der Waals surface area contributed by atoms with Gasteiger partial charge in [0.05, 0.1) is 0 Å². The van der Waals surface area contributed by atoms with Crippen molar-refractivity contribution < 1.29 is 21.3 Å². The Balaban J connectivity index is 0.00000283. The molecular weight excluding hydrogens is 823 g/mol. The fourth-order valence-corrected chi connectivity index (χ4v) is 18.4. The number of benzene rings is 6. The first-order chi connectivity index (χ1) is 26.3. The summed E-state index contributed by atoms with van der Waals surface area (Å²) in [5, 5.41) is 5.22. The molecule has 0 nitrogen and oxygen atoms in total. The molecule has 0 bridgehead atoms. The molecule has 8 rings (SSSR count). The molecule has 6 aromatic rings. The second kappa shape index (κ2) is 15.9. The van der Waals surface area contributed by atoms with Crippen LogP contribution in [0.25, 0.3) is 32.7 Å². The monoisotopic (exact) mass is 882 g/mol. The Kier molecular flexibility index (Phi) is 12.1. The van der Waals surface area contributed by atoms with Crippen LogP contribution in [-0.2, 0) is 42.9 Å². The zero-order valence-corrected chi connectivity index (χ0v) is 40.8. The molecule has 0 heterocycles. The maximum absolute atomic E-state index is 3.00. The third-order valence-corrected chi connectivity index (χ3v) is 20.6. The molecule has 0 saturated carbocycles. The van der Waals surface area contributed by atoms with E-state index in [0.717, 1.165) is 6.42 Å². The van der Waals surface area contributed by atoms with Crippen molar-refractivity contribution in [3.63, 3.8) is 0 Å². The molecule has 0 amide bonds. The average molecular weight is 885 g/mol. The fourth-order valence-electron chi connectivity index (χ4n) is 9.44. The van der Waals surface area contributed by atoms with E-state index in [9.17, 15) is 0 Å². The summed E-state index contributed by atoms with van der Waals surface area (Å²) in [7, 11) is 0. The molecule has 2 aliphatic rings. The van der Waals surface area contributed by atoms with Gasteiger partial charge in [0, 0.05) is 0 Å². The Bertz CT molecular complexity index is 2480.